The van der Waals surface area contributed by atoms with Crippen molar-refractivity contribution in [3.05, 3.63) is 27.7 Å². The molecule has 1 aromatic carbocycles. The first-order valence-electron chi connectivity index (χ1n) is 6.00. The molecule has 0 saturated carbocycles. The van der Waals surface area contributed by atoms with Crippen molar-refractivity contribution < 1.29 is 14.3 Å². The van der Waals surface area contributed by atoms with Crippen molar-refractivity contribution in [2.75, 3.05) is 0 Å². The zero-order valence-corrected chi connectivity index (χ0v) is 11.8. The molecule has 0 radical (unpaired) electrons. The molecule has 0 fully saturated rings. The zero-order chi connectivity index (χ0) is 13.1. The lowest BCUT2D eigenvalue weighted by Gasteiger charge is -2.25. The number of nitrogens with two attached hydrogens (primary N) is 1. The van der Waals surface area contributed by atoms with Crippen LogP contribution in [0.2, 0.25) is 0 Å². The van der Waals surface area contributed by atoms with E-state index in [0.717, 1.165) is 22.0 Å². The van der Waals surface area contributed by atoms with Gasteiger partial charge in [0, 0.05) is 22.9 Å². The van der Waals surface area contributed by atoms with Crippen molar-refractivity contribution >= 4 is 21.9 Å². The second-order valence-electron chi connectivity index (χ2n) is 4.28. The van der Waals surface area contributed by atoms with E-state index in [1.807, 2.05) is 13.0 Å². The van der Waals surface area contributed by atoms with E-state index >= 15 is 0 Å². The van der Waals surface area contributed by atoms with E-state index in [0.29, 0.717) is 25.2 Å². The van der Waals surface area contributed by atoms with E-state index in [1.165, 1.54) is 0 Å². The fraction of sp³-hybridized carbons (Fsp3) is 0.462. The Morgan fingerprint density at radius 2 is 2.33 bits per heavy atom. The molecule has 98 valence electrons. The fourth-order valence-corrected chi connectivity index (χ4v) is 2.48. The summed E-state index contributed by atoms with van der Waals surface area (Å²) < 4.78 is 11.7. The van der Waals surface area contributed by atoms with Crippen molar-refractivity contribution in [3.63, 3.8) is 0 Å². The van der Waals surface area contributed by atoms with E-state index < -0.39 is 0 Å². The standard InChI is InChI=1S/C13H16BrNO3/c1-2-3-13(16)18-11-5-4-10(14)8-6-12(15)17-7-9(8)11/h4-5,12H,2-3,6-7,15H2,1H3/t12-/m0/s1. The van der Waals surface area contributed by atoms with Crippen LogP contribution in [0, 0.1) is 0 Å². The van der Waals surface area contributed by atoms with Crippen molar-refractivity contribution in [3.8, 4) is 5.75 Å². The van der Waals surface area contributed by atoms with Gasteiger partial charge in [0.15, 0.2) is 0 Å². The minimum Gasteiger partial charge on any atom is -0.426 e. The van der Waals surface area contributed by atoms with Crippen LogP contribution in [-0.4, -0.2) is 12.2 Å². The average molecular weight is 314 g/mol. The Kier molecular flexibility index (Phi) is 4.37. The molecule has 2 N–H and O–H groups in total. The number of carbonyl (C=O) groups excluding carboxylic acids is 1. The third-order valence-electron chi connectivity index (χ3n) is 2.86. The monoisotopic (exact) mass is 313 g/mol. The van der Waals surface area contributed by atoms with Gasteiger partial charge in [-0.25, -0.2) is 0 Å². The maximum atomic E-state index is 11.5. The van der Waals surface area contributed by atoms with Gasteiger partial charge >= 0.3 is 5.97 Å². The number of fused-ring (bicyclic) bond motifs is 1. The van der Waals surface area contributed by atoms with Gasteiger partial charge in [0.05, 0.1) is 6.61 Å². The number of rotatable bonds is 3. The van der Waals surface area contributed by atoms with Gasteiger partial charge in [-0.05, 0) is 24.1 Å². The number of benzene rings is 1. The lowest BCUT2D eigenvalue weighted by molar-refractivity contribution is -0.134. The summed E-state index contributed by atoms with van der Waals surface area (Å²) in [6.45, 7) is 2.32. The molecule has 1 aliphatic rings. The Bertz CT molecular complexity index is 462. The van der Waals surface area contributed by atoms with Crippen LogP contribution < -0.4 is 10.5 Å². The maximum Gasteiger partial charge on any atom is 0.311 e. The minimum absolute atomic E-state index is 0.211. The molecule has 0 aromatic heterocycles. The molecule has 5 heteroatoms. The van der Waals surface area contributed by atoms with E-state index in [9.17, 15) is 4.79 Å². The summed E-state index contributed by atoms with van der Waals surface area (Å²) >= 11 is 3.49. The topological polar surface area (TPSA) is 61.5 Å². The van der Waals surface area contributed by atoms with Crippen LogP contribution >= 0.6 is 15.9 Å². The van der Waals surface area contributed by atoms with Gasteiger partial charge in [-0.15, -0.1) is 0 Å². The fourth-order valence-electron chi connectivity index (χ4n) is 1.95. The highest BCUT2D eigenvalue weighted by Gasteiger charge is 2.22. The molecular formula is C13H16BrNO3. The lowest BCUT2D eigenvalue weighted by Crippen LogP contribution is -2.31. The van der Waals surface area contributed by atoms with E-state index in [1.54, 1.807) is 6.07 Å². The molecule has 4 nitrogen and oxygen atoms in total. The summed E-state index contributed by atoms with van der Waals surface area (Å²) in [7, 11) is 0. The largest absolute Gasteiger partial charge is 0.426 e. The highest BCUT2D eigenvalue weighted by Crippen LogP contribution is 2.33. The highest BCUT2D eigenvalue weighted by atomic mass is 79.9. The van der Waals surface area contributed by atoms with Gasteiger partial charge in [0.25, 0.3) is 0 Å². The molecule has 1 heterocycles. The minimum atomic E-state index is -0.296. The van der Waals surface area contributed by atoms with Crippen LogP contribution in [0.1, 0.15) is 30.9 Å². The molecule has 0 bridgehead atoms. The van der Waals surface area contributed by atoms with Crippen molar-refractivity contribution in [1.29, 1.82) is 0 Å². The van der Waals surface area contributed by atoms with Crippen LogP contribution in [0.3, 0.4) is 0 Å². The Balaban J connectivity index is 2.27. The maximum absolute atomic E-state index is 11.5. The lowest BCUT2D eigenvalue weighted by atomic mass is 10.0. The summed E-state index contributed by atoms with van der Waals surface area (Å²) in [5.74, 6) is 0.371. The molecule has 1 aliphatic heterocycles. The van der Waals surface area contributed by atoms with Crippen LogP contribution in [0.5, 0.6) is 5.75 Å². The third-order valence-corrected chi connectivity index (χ3v) is 3.60. The van der Waals surface area contributed by atoms with Crippen LogP contribution in [-0.2, 0) is 22.6 Å². The molecule has 0 amide bonds. The predicted octanol–water partition coefficient (Wildman–Crippen LogP) is 2.51. The number of hydrogen-bond donors (Lipinski definition) is 1. The first-order valence-corrected chi connectivity index (χ1v) is 6.79. The van der Waals surface area contributed by atoms with Crippen molar-refractivity contribution in [2.24, 2.45) is 5.73 Å². The number of halogens is 1. The number of hydrogen-bond acceptors (Lipinski definition) is 4. The first kappa shape index (κ1) is 13.5. The number of ether oxygens (including phenoxy) is 2. The second-order valence-corrected chi connectivity index (χ2v) is 5.13. The van der Waals surface area contributed by atoms with Crippen LogP contribution in [0.4, 0.5) is 0 Å². The van der Waals surface area contributed by atoms with Gasteiger partial charge in [0.1, 0.15) is 12.0 Å². The summed E-state index contributed by atoms with van der Waals surface area (Å²) in [6.07, 6.45) is 1.52. The SMILES string of the molecule is CCCC(=O)Oc1ccc(Br)c2c1CO[C@H](N)C2. The molecule has 1 atom stereocenters. The molecule has 2 rings (SSSR count). The van der Waals surface area contributed by atoms with E-state index in [4.69, 9.17) is 15.2 Å². The summed E-state index contributed by atoms with van der Waals surface area (Å²) in [5, 5.41) is 0. The number of esters is 1. The molecule has 0 aliphatic carbocycles. The quantitative estimate of drug-likeness (QED) is 0.688. The van der Waals surface area contributed by atoms with Crippen LogP contribution in [0.15, 0.2) is 16.6 Å². The number of carbonyl (C=O) groups is 1. The van der Waals surface area contributed by atoms with Crippen molar-refractivity contribution in [2.45, 2.75) is 39.0 Å². The Labute approximate surface area is 115 Å². The average Bonchev–Trinajstić information content (AvgIpc) is 2.33. The van der Waals surface area contributed by atoms with E-state index in [-0.39, 0.29) is 12.2 Å². The van der Waals surface area contributed by atoms with Gasteiger partial charge in [-0.3, -0.25) is 4.79 Å². The Morgan fingerprint density at radius 1 is 1.56 bits per heavy atom. The highest BCUT2D eigenvalue weighted by molar-refractivity contribution is 9.10. The first-order chi connectivity index (χ1) is 8.61. The van der Waals surface area contributed by atoms with Gasteiger partial charge in [-0.1, -0.05) is 22.9 Å². The summed E-state index contributed by atoms with van der Waals surface area (Å²) in [5.41, 5.74) is 7.74. The summed E-state index contributed by atoms with van der Waals surface area (Å²) in [6, 6.07) is 3.67. The molecular weight excluding hydrogens is 298 g/mol. The van der Waals surface area contributed by atoms with Gasteiger partial charge in [0.2, 0.25) is 0 Å². The Morgan fingerprint density at radius 3 is 3.06 bits per heavy atom. The normalized spacial score (nSPS) is 18.3. The molecule has 18 heavy (non-hydrogen) atoms. The summed E-state index contributed by atoms with van der Waals surface area (Å²) in [4.78, 5) is 11.5. The molecule has 1 aromatic rings. The van der Waals surface area contributed by atoms with E-state index in [2.05, 4.69) is 15.9 Å². The molecule has 0 spiro atoms. The van der Waals surface area contributed by atoms with Gasteiger partial charge in [-0.2, -0.15) is 0 Å². The van der Waals surface area contributed by atoms with Crippen molar-refractivity contribution in [1.82, 2.24) is 0 Å². The predicted molar refractivity (Wildman–Crippen MR) is 71.2 cm³/mol. The zero-order valence-electron chi connectivity index (χ0n) is 10.2. The van der Waals surface area contributed by atoms with Gasteiger partial charge < -0.3 is 15.2 Å². The molecule has 0 unspecified atom stereocenters. The second kappa shape index (κ2) is 5.82. The smallest absolute Gasteiger partial charge is 0.311 e. The third kappa shape index (κ3) is 2.91. The Hall–Kier alpha value is -0.910. The van der Waals surface area contributed by atoms with Crippen LogP contribution in [0.25, 0.3) is 0 Å². The molecule has 0 saturated heterocycles.